The zero-order chi connectivity index (χ0) is 8.97. The van der Waals surface area contributed by atoms with Gasteiger partial charge in [0.15, 0.2) is 0 Å². The highest BCUT2D eigenvalue weighted by Gasteiger charge is 1.98. The molecule has 0 aliphatic rings. The lowest BCUT2D eigenvalue weighted by Crippen LogP contribution is -2.10. The van der Waals surface area contributed by atoms with Gasteiger partial charge in [0.25, 0.3) is 0 Å². The largest absolute Gasteiger partial charge is 0.311 e. The molecule has 1 aromatic rings. The van der Waals surface area contributed by atoms with Crippen molar-refractivity contribution in [3.8, 4) is 0 Å². The summed E-state index contributed by atoms with van der Waals surface area (Å²) in [6.07, 6.45) is 0.482. The molecule has 64 valence electrons. The molecule has 1 rings (SSSR count). The summed E-state index contributed by atoms with van der Waals surface area (Å²) in [4.78, 5) is 15.1. The zero-order valence-electron chi connectivity index (χ0n) is 7.29. The first-order valence-electron chi connectivity index (χ1n) is 3.96. The number of aryl methyl sites for hydroxylation is 1. The Hall–Kier alpha value is -1.38. The van der Waals surface area contributed by atoms with Gasteiger partial charge in [0.05, 0.1) is 0 Å². The first kappa shape index (κ1) is 8.71. The normalized spacial score (nSPS) is 9.50. The highest BCUT2D eigenvalue weighted by atomic mass is 16.1. The van der Waals surface area contributed by atoms with E-state index in [2.05, 4.69) is 10.3 Å². The molecule has 0 radical (unpaired) electrons. The second-order valence-electron chi connectivity index (χ2n) is 2.57. The van der Waals surface area contributed by atoms with Crippen molar-refractivity contribution < 1.29 is 4.79 Å². The highest BCUT2D eigenvalue weighted by molar-refractivity contribution is 5.89. The minimum Gasteiger partial charge on any atom is -0.311 e. The summed E-state index contributed by atoms with van der Waals surface area (Å²) >= 11 is 0. The predicted octanol–water partition coefficient (Wildman–Crippen LogP) is 1.74. The van der Waals surface area contributed by atoms with Crippen LogP contribution in [0.5, 0.6) is 0 Å². The third-order valence-corrected chi connectivity index (χ3v) is 1.48. The van der Waals surface area contributed by atoms with Crippen molar-refractivity contribution in [2.75, 3.05) is 5.32 Å². The van der Waals surface area contributed by atoms with Gasteiger partial charge < -0.3 is 5.32 Å². The smallest absolute Gasteiger partial charge is 0.225 e. The highest BCUT2D eigenvalue weighted by Crippen LogP contribution is 2.03. The molecule has 0 aliphatic heterocycles. The molecule has 0 spiro atoms. The molecular weight excluding hydrogens is 152 g/mol. The quantitative estimate of drug-likeness (QED) is 0.723. The first-order valence-corrected chi connectivity index (χ1v) is 3.96. The van der Waals surface area contributed by atoms with Crippen molar-refractivity contribution >= 4 is 11.7 Å². The molecule has 0 saturated carbocycles. The molecule has 0 fully saturated rings. The summed E-state index contributed by atoms with van der Waals surface area (Å²) < 4.78 is 0. The Balaban J connectivity index is 2.69. The van der Waals surface area contributed by atoms with Crippen molar-refractivity contribution in [1.82, 2.24) is 4.98 Å². The molecule has 1 N–H and O–H groups in total. The molecule has 0 atom stereocenters. The number of amides is 1. The number of aromatic nitrogens is 1. The number of nitrogens with one attached hydrogen (secondary N) is 1. The number of rotatable bonds is 2. The van der Waals surface area contributed by atoms with Crippen molar-refractivity contribution in [3.63, 3.8) is 0 Å². The SMILES string of the molecule is CCC(=O)Nc1cccc(C)n1. The fourth-order valence-corrected chi connectivity index (χ4v) is 0.844. The molecule has 0 aliphatic carbocycles. The van der Waals surface area contributed by atoms with Gasteiger partial charge in [0, 0.05) is 12.1 Å². The van der Waals surface area contributed by atoms with Gasteiger partial charge in [-0.1, -0.05) is 13.0 Å². The number of nitrogens with zero attached hydrogens (tertiary/aromatic N) is 1. The summed E-state index contributed by atoms with van der Waals surface area (Å²) in [5, 5.41) is 2.68. The fourth-order valence-electron chi connectivity index (χ4n) is 0.844. The monoisotopic (exact) mass is 164 g/mol. The van der Waals surface area contributed by atoms with E-state index >= 15 is 0 Å². The van der Waals surface area contributed by atoms with Gasteiger partial charge in [-0.2, -0.15) is 0 Å². The minimum absolute atomic E-state index is 0.00639. The lowest BCUT2D eigenvalue weighted by Gasteiger charge is -2.01. The van der Waals surface area contributed by atoms with Gasteiger partial charge in [-0.05, 0) is 19.1 Å². The van der Waals surface area contributed by atoms with Crippen LogP contribution >= 0.6 is 0 Å². The maximum absolute atomic E-state index is 10.9. The van der Waals surface area contributed by atoms with Crippen molar-refractivity contribution in [3.05, 3.63) is 23.9 Å². The number of anilines is 1. The second kappa shape index (κ2) is 3.85. The van der Waals surface area contributed by atoms with E-state index in [4.69, 9.17) is 0 Å². The Kier molecular flexibility index (Phi) is 2.80. The van der Waals surface area contributed by atoms with E-state index in [1.54, 1.807) is 6.07 Å². The number of carbonyl (C=O) groups excluding carboxylic acids is 1. The molecule has 0 aromatic carbocycles. The molecule has 1 aromatic heterocycles. The maximum atomic E-state index is 10.9. The van der Waals surface area contributed by atoms with Crippen molar-refractivity contribution in [2.45, 2.75) is 20.3 Å². The van der Waals surface area contributed by atoms with Gasteiger partial charge in [-0.3, -0.25) is 4.79 Å². The molecule has 3 nitrogen and oxygen atoms in total. The number of hydrogen-bond donors (Lipinski definition) is 1. The topological polar surface area (TPSA) is 42.0 Å². The average molecular weight is 164 g/mol. The molecule has 0 bridgehead atoms. The van der Waals surface area contributed by atoms with Crippen LogP contribution in [0.3, 0.4) is 0 Å². The van der Waals surface area contributed by atoms with Crippen molar-refractivity contribution in [2.24, 2.45) is 0 Å². The van der Waals surface area contributed by atoms with Crippen LogP contribution in [0, 0.1) is 6.92 Å². The fraction of sp³-hybridized carbons (Fsp3) is 0.333. The van der Waals surface area contributed by atoms with Crippen LogP contribution in [-0.4, -0.2) is 10.9 Å². The van der Waals surface area contributed by atoms with E-state index in [9.17, 15) is 4.79 Å². The van der Waals surface area contributed by atoms with Crippen LogP contribution in [0.15, 0.2) is 18.2 Å². The van der Waals surface area contributed by atoms with E-state index < -0.39 is 0 Å². The van der Waals surface area contributed by atoms with Crippen LogP contribution in [0.2, 0.25) is 0 Å². The Morgan fingerprint density at radius 1 is 1.58 bits per heavy atom. The van der Waals surface area contributed by atoms with Crippen LogP contribution < -0.4 is 5.32 Å². The molecule has 1 amide bonds. The van der Waals surface area contributed by atoms with E-state index in [1.807, 2.05) is 26.0 Å². The predicted molar refractivity (Wildman–Crippen MR) is 47.9 cm³/mol. The molecule has 0 unspecified atom stereocenters. The Morgan fingerprint density at radius 3 is 2.92 bits per heavy atom. The van der Waals surface area contributed by atoms with E-state index in [0.717, 1.165) is 5.69 Å². The average Bonchev–Trinajstić information content (AvgIpc) is 2.04. The van der Waals surface area contributed by atoms with Crippen LogP contribution in [0.25, 0.3) is 0 Å². The molecule has 3 heteroatoms. The first-order chi connectivity index (χ1) is 5.72. The Bertz CT molecular complexity index is 284. The molecular formula is C9H12N2O. The lowest BCUT2D eigenvalue weighted by atomic mass is 10.3. The second-order valence-corrected chi connectivity index (χ2v) is 2.57. The van der Waals surface area contributed by atoms with Crippen LogP contribution in [0.1, 0.15) is 19.0 Å². The Labute approximate surface area is 71.8 Å². The summed E-state index contributed by atoms with van der Waals surface area (Å²) in [6.45, 7) is 3.70. The number of carbonyl (C=O) groups is 1. The van der Waals surface area contributed by atoms with E-state index in [-0.39, 0.29) is 5.91 Å². The van der Waals surface area contributed by atoms with Crippen LogP contribution in [0.4, 0.5) is 5.82 Å². The van der Waals surface area contributed by atoms with Gasteiger partial charge >= 0.3 is 0 Å². The Morgan fingerprint density at radius 2 is 2.33 bits per heavy atom. The number of pyridine rings is 1. The third kappa shape index (κ3) is 2.34. The van der Waals surface area contributed by atoms with Gasteiger partial charge in [-0.15, -0.1) is 0 Å². The molecule has 12 heavy (non-hydrogen) atoms. The van der Waals surface area contributed by atoms with E-state index in [1.165, 1.54) is 0 Å². The van der Waals surface area contributed by atoms with Gasteiger partial charge in [0.2, 0.25) is 5.91 Å². The zero-order valence-corrected chi connectivity index (χ0v) is 7.29. The molecule has 1 heterocycles. The van der Waals surface area contributed by atoms with Crippen molar-refractivity contribution in [1.29, 1.82) is 0 Å². The van der Waals surface area contributed by atoms with Gasteiger partial charge in [0.1, 0.15) is 5.82 Å². The van der Waals surface area contributed by atoms with Gasteiger partial charge in [-0.25, -0.2) is 4.98 Å². The van der Waals surface area contributed by atoms with E-state index in [0.29, 0.717) is 12.2 Å². The number of hydrogen-bond acceptors (Lipinski definition) is 2. The van der Waals surface area contributed by atoms with Crippen LogP contribution in [-0.2, 0) is 4.79 Å². The lowest BCUT2D eigenvalue weighted by molar-refractivity contribution is -0.115. The molecule has 0 saturated heterocycles. The maximum Gasteiger partial charge on any atom is 0.225 e. The standard InChI is InChI=1S/C9H12N2O/c1-3-9(12)11-8-6-4-5-7(2)10-8/h4-6H,3H2,1-2H3,(H,10,11,12). The summed E-state index contributed by atoms with van der Waals surface area (Å²) in [6, 6.07) is 5.54. The summed E-state index contributed by atoms with van der Waals surface area (Å²) in [5.41, 5.74) is 0.906. The third-order valence-electron chi connectivity index (χ3n) is 1.48. The summed E-state index contributed by atoms with van der Waals surface area (Å²) in [7, 11) is 0. The minimum atomic E-state index is -0.00639. The summed E-state index contributed by atoms with van der Waals surface area (Å²) in [5.74, 6) is 0.620.